The number of nitrogens with one attached hydrogen (secondary N) is 1. The predicted octanol–water partition coefficient (Wildman–Crippen LogP) is 3.00. The van der Waals surface area contributed by atoms with Crippen LogP contribution in [0.25, 0.3) is 0 Å². The van der Waals surface area contributed by atoms with Gasteiger partial charge < -0.3 is 15.8 Å². The summed E-state index contributed by atoms with van der Waals surface area (Å²) in [5, 5.41) is 3.15. The maximum absolute atomic E-state index is 5.99. The van der Waals surface area contributed by atoms with Gasteiger partial charge in [-0.3, -0.25) is 4.99 Å². The second kappa shape index (κ2) is 5.35. The second-order valence-electron chi connectivity index (χ2n) is 6.05. The van der Waals surface area contributed by atoms with E-state index in [1.165, 1.54) is 32.1 Å². The number of guanidine groups is 1. The first kappa shape index (κ1) is 13.3. The van der Waals surface area contributed by atoms with Gasteiger partial charge in [-0.1, -0.05) is 6.42 Å². The molecule has 0 atom stereocenters. The van der Waals surface area contributed by atoms with E-state index in [1.807, 2.05) is 24.3 Å². The van der Waals surface area contributed by atoms with Gasteiger partial charge in [0, 0.05) is 12.2 Å². The molecule has 0 saturated heterocycles. The van der Waals surface area contributed by atoms with Crippen molar-refractivity contribution in [2.75, 3.05) is 19.0 Å². The Bertz CT molecular complexity index is 487. The smallest absolute Gasteiger partial charge is 0.193 e. The molecule has 2 fully saturated rings. The zero-order valence-corrected chi connectivity index (χ0v) is 12.1. The maximum atomic E-state index is 5.99. The van der Waals surface area contributed by atoms with E-state index >= 15 is 0 Å². The average Bonchev–Trinajstić information content (AvgIpc) is 3.23. The number of aliphatic imine (C=N–C) groups is 1. The Labute approximate surface area is 120 Å². The Morgan fingerprint density at radius 2 is 2.05 bits per heavy atom. The molecular formula is C16H23N3O. The van der Waals surface area contributed by atoms with Crippen molar-refractivity contribution in [3.05, 3.63) is 24.3 Å². The summed E-state index contributed by atoms with van der Waals surface area (Å²) < 4.78 is 5.13. The van der Waals surface area contributed by atoms with Gasteiger partial charge in [-0.05, 0) is 61.3 Å². The minimum Gasteiger partial charge on any atom is -0.497 e. The molecule has 108 valence electrons. The third kappa shape index (κ3) is 2.74. The highest BCUT2D eigenvalue weighted by molar-refractivity contribution is 5.92. The molecule has 3 rings (SSSR count). The van der Waals surface area contributed by atoms with Crippen molar-refractivity contribution >= 4 is 11.6 Å². The second-order valence-corrected chi connectivity index (χ2v) is 6.05. The molecule has 4 nitrogen and oxygen atoms in total. The van der Waals surface area contributed by atoms with Crippen molar-refractivity contribution in [1.29, 1.82) is 0 Å². The van der Waals surface area contributed by atoms with Crippen LogP contribution >= 0.6 is 0 Å². The van der Waals surface area contributed by atoms with Gasteiger partial charge in [0.2, 0.25) is 0 Å². The van der Waals surface area contributed by atoms with Crippen molar-refractivity contribution in [2.45, 2.75) is 32.1 Å². The molecule has 1 aromatic rings. The van der Waals surface area contributed by atoms with Gasteiger partial charge in [0.05, 0.1) is 7.11 Å². The molecular weight excluding hydrogens is 250 g/mol. The number of rotatable bonds is 5. The van der Waals surface area contributed by atoms with Crippen molar-refractivity contribution < 1.29 is 4.74 Å². The molecule has 2 aliphatic rings. The van der Waals surface area contributed by atoms with Gasteiger partial charge in [0.1, 0.15) is 5.75 Å². The predicted molar refractivity (Wildman–Crippen MR) is 82.1 cm³/mol. The van der Waals surface area contributed by atoms with E-state index in [4.69, 9.17) is 10.5 Å². The van der Waals surface area contributed by atoms with Gasteiger partial charge in [0.25, 0.3) is 0 Å². The highest BCUT2D eigenvalue weighted by atomic mass is 16.5. The first-order valence-electron chi connectivity index (χ1n) is 7.43. The SMILES string of the molecule is COc1ccc(NC(N)=NCC2(C3CC3)CCC2)cc1. The highest BCUT2D eigenvalue weighted by Gasteiger charge is 2.48. The van der Waals surface area contributed by atoms with Crippen LogP contribution in [0.2, 0.25) is 0 Å². The standard InChI is InChI=1S/C16H23N3O/c1-20-14-7-5-13(6-8-14)19-15(17)18-11-16(9-2-10-16)12-3-4-12/h5-8,12H,2-4,9-11H2,1H3,(H3,17,18,19). The summed E-state index contributed by atoms with van der Waals surface area (Å²) in [5.41, 5.74) is 7.41. The average molecular weight is 273 g/mol. The minimum atomic E-state index is 0.478. The summed E-state index contributed by atoms with van der Waals surface area (Å²) in [4.78, 5) is 4.57. The number of benzene rings is 1. The normalized spacial score (nSPS) is 21.1. The van der Waals surface area contributed by atoms with E-state index in [0.29, 0.717) is 11.4 Å². The van der Waals surface area contributed by atoms with Crippen molar-refractivity contribution in [3.8, 4) is 5.75 Å². The first-order chi connectivity index (χ1) is 9.72. The molecule has 0 amide bonds. The summed E-state index contributed by atoms with van der Waals surface area (Å²) in [7, 11) is 1.66. The molecule has 0 aliphatic heterocycles. The van der Waals surface area contributed by atoms with Crippen LogP contribution in [0.15, 0.2) is 29.3 Å². The molecule has 2 saturated carbocycles. The van der Waals surface area contributed by atoms with Crippen molar-refractivity contribution in [1.82, 2.24) is 0 Å². The molecule has 0 unspecified atom stereocenters. The molecule has 2 aliphatic carbocycles. The maximum Gasteiger partial charge on any atom is 0.193 e. The van der Waals surface area contributed by atoms with Crippen LogP contribution in [0.5, 0.6) is 5.75 Å². The lowest BCUT2D eigenvalue weighted by Gasteiger charge is -2.41. The number of anilines is 1. The van der Waals surface area contributed by atoms with E-state index in [-0.39, 0.29) is 0 Å². The summed E-state index contributed by atoms with van der Waals surface area (Å²) in [5.74, 6) is 2.27. The Kier molecular flexibility index (Phi) is 3.55. The zero-order chi connectivity index (χ0) is 14.0. The van der Waals surface area contributed by atoms with Crippen LogP contribution in [-0.2, 0) is 0 Å². The summed E-state index contributed by atoms with van der Waals surface area (Å²) in [6.07, 6.45) is 6.80. The quantitative estimate of drug-likeness (QED) is 0.640. The lowest BCUT2D eigenvalue weighted by atomic mass is 9.65. The monoisotopic (exact) mass is 273 g/mol. The minimum absolute atomic E-state index is 0.478. The van der Waals surface area contributed by atoms with Crippen LogP contribution < -0.4 is 15.8 Å². The largest absolute Gasteiger partial charge is 0.497 e. The van der Waals surface area contributed by atoms with Gasteiger partial charge in [-0.25, -0.2) is 0 Å². The highest BCUT2D eigenvalue weighted by Crippen LogP contribution is 2.57. The van der Waals surface area contributed by atoms with E-state index in [0.717, 1.165) is 23.9 Å². The fraction of sp³-hybridized carbons (Fsp3) is 0.562. The van der Waals surface area contributed by atoms with Crippen LogP contribution in [0.4, 0.5) is 5.69 Å². The lowest BCUT2D eigenvalue weighted by molar-refractivity contribution is 0.113. The number of nitrogens with zero attached hydrogens (tertiary/aromatic N) is 1. The van der Waals surface area contributed by atoms with E-state index in [9.17, 15) is 0 Å². The van der Waals surface area contributed by atoms with Gasteiger partial charge in [0.15, 0.2) is 5.96 Å². The van der Waals surface area contributed by atoms with Gasteiger partial charge in [-0.2, -0.15) is 0 Å². The molecule has 0 aromatic heterocycles. The number of hydrogen-bond acceptors (Lipinski definition) is 2. The fourth-order valence-electron chi connectivity index (χ4n) is 3.13. The van der Waals surface area contributed by atoms with Crippen LogP contribution in [0.1, 0.15) is 32.1 Å². The number of ether oxygens (including phenoxy) is 1. The van der Waals surface area contributed by atoms with Gasteiger partial charge in [-0.15, -0.1) is 0 Å². The Morgan fingerprint density at radius 1 is 1.35 bits per heavy atom. The number of hydrogen-bond donors (Lipinski definition) is 2. The van der Waals surface area contributed by atoms with E-state index < -0.39 is 0 Å². The van der Waals surface area contributed by atoms with Crippen LogP contribution in [-0.4, -0.2) is 19.6 Å². The molecule has 1 aromatic carbocycles. The molecule has 4 heteroatoms. The molecule has 0 heterocycles. The zero-order valence-electron chi connectivity index (χ0n) is 12.1. The number of methoxy groups -OCH3 is 1. The first-order valence-corrected chi connectivity index (χ1v) is 7.43. The van der Waals surface area contributed by atoms with Gasteiger partial charge >= 0.3 is 0 Å². The molecule has 0 spiro atoms. The third-order valence-corrected chi connectivity index (χ3v) is 4.72. The molecule has 0 radical (unpaired) electrons. The van der Waals surface area contributed by atoms with E-state index in [2.05, 4.69) is 10.3 Å². The third-order valence-electron chi connectivity index (χ3n) is 4.72. The summed E-state index contributed by atoms with van der Waals surface area (Å²) in [6.45, 7) is 0.882. The van der Waals surface area contributed by atoms with Crippen molar-refractivity contribution in [3.63, 3.8) is 0 Å². The number of nitrogens with two attached hydrogens (primary N) is 1. The van der Waals surface area contributed by atoms with Crippen molar-refractivity contribution in [2.24, 2.45) is 22.1 Å². The Morgan fingerprint density at radius 3 is 2.55 bits per heavy atom. The summed E-state index contributed by atoms with van der Waals surface area (Å²) >= 11 is 0. The lowest BCUT2D eigenvalue weighted by Crippen LogP contribution is -2.36. The Balaban J connectivity index is 1.57. The molecule has 20 heavy (non-hydrogen) atoms. The Hall–Kier alpha value is -1.71. The molecule has 3 N–H and O–H groups in total. The molecule has 0 bridgehead atoms. The van der Waals surface area contributed by atoms with E-state index in [1.54, 1.807) is 7.11 Å². The fourth-order valence-corrected chi connectivity index (χ4v) is 3.13. The summed E-state index contributed by atoms with van der Waals surface area (Å²) in [6, 6.07) is 7.71. The van der Waals surface area contributed by atoms with Crippen LogP contribution in [0, 0.1) is 11.3 Å². The topological polar surface area (TPSA) is 59.6 Å². The van der Waals surface area contributed by atoms with Crippen LogP contribution in [0.3, 0.4) is 0 Å².